The summed E-state index contributed by atoms with van der Waals surface area (Å²) >= 11 is 0. The molecule has 0 N–H and O–H groups in total. The zero-order valence-corrected chi connectivity index (χ0v) is 22.0. The first-order valence-electron chi connectivity index (χ1n) is 13.3. The molecule has 0 radical (unpaired) electrons. The Morgan fingerprint density at radius 1 is 0.925 bits per heavy atom. The number of esters is 1. The van der Waals surface area contributed by atoms with Crippen LogP contribution in [0.1, 0.15) is 29.7 Å². The van der Waals surface area contributed by atoms with Crippen molar-refractivity contribution < 1.29 is 28.7 Å². The number of likely N-dealkylation sites (tertiary alicyclic amines) is 2. The first kappa shape index (κ1) is 25.6. The van der Waals surface area contributed by atoms with Crippen LogP contribution in [-0.2, 0) is 37.1 Å². The highest BCUT2D eigenvalue weighted by molar-refractivity contribution is 6.38. The minimum atomic E-state index is -1.45. The number of rotatable bonds is 7. The van der Waals surface area contributed by atoms with Crippen LogP contribution >= 0.6 is 0 Å². The fourth-order valence-corrected chi connectivity index (χ4v) is 6.07. The summed E-state index contributed by atoms with van der Waals surface area (Å²) in [6.45, 7) is 2.29. The average molecular weight is 540 g/mol. The van der Waals surface area contributed by atoms with Crippen molar-refractivity contribution in [1.29, 1.82) is 0 Å². The summed E-state index contributed by atoms with van der Waals surface area (Å²) in [4.78, 5) is 49.9. The number of benzene rings is 3. The second kappa shape index (κ2) is 10.5. The Morgan fingerprint density at radius 2 is 1.55 bits per heavy atom. The molecule has 0 bridgehead atoms. The normalized spacial score (nSPS) is 24.7. The molecule has 4 atom stereocenters. The predicted molar refractivity (Wildman–Crippen MR) is 145 cm³/mol. The molecule has 9 heteroatoms. The number of ether oxygens (including phenoxy) is 2. The third-order valence-electron chi connectivity index (χ3n) is 7.79. The molecule has 9 nitrogen and oxygen atoms in total. The number of oxime groups is 1. The van der Waals surface area contributed by atoms with Gasteiger partial charge >= 0.3 is 12.1 Å². The van der Waals surface area contributed by atoms with E-state index in [1.165, 1.54) is 4.90 Å². The quantitative estimate of drug-likeness (QED) is 0.331. The molecule has 2 saturated heterocycles. The van der Waals surface area contributed by atoms with Crippen LogP contribution in [0.5, 0.6) is 0 Å². The number of fused-ring (bicyclic) bond motifs is 2. The molecule has 204 valence electrons. The number of β-lactam (4-membered cyclic amide) rings is 1. The Hall–Kier alpha value is -4.66. The van der Waals surface area contributed by atoms with Crippen molar-refractivity contribution in [1.82, 2.24) is 9.80 Å². The van der Waals surface area contributed by atoms with Crippen molar-refractivity contribution >= 4 is 23.7 Å². The molecule has 0 unspecified atom stereocenters. The van der Waals surface area contributed by atoms with Gasteiger partial charge in [-0.3, -0.25) is 9.69 Å². The monoisotopic (exact) mass is 539 g/mol. The molecule has 0 aliphatic carbocycles. The van der Waals surface area contributed by atoms with Gasteiger partial charge < -0.3 is 19.2 Å². The van der Waals surface area contributed by atoms with Gasteiger partial charge in [-0.1, -0.05) is 96.2 Å². The molecule has 3 aliphatic heterocycles. The molecule has 1 spiro atoms. The molecule has 40 heavy (non-hydrogen) atoms. The van der Waals surface area contributed by atoms with Crippen molar-refractivity contribution in [2.45, 2.75) is 37.8 Å². The van der Waals surface area contributed by atoms with Crippen LogP contribution in [0.3, 0.4) is 0 Å². The number of hydrogen-bond acceptors (Lipinski definition) is 7. The number of nitrogens with zero attached hydrogens (tertiary/aromatic N) is 3. The van der Waals surface area contributed by atoms with Gasteiger partial charge in [-0.25, -0.2) is 9.59 Å². The summed E-state index contributed by atoms with van der Waals surface area (Å²) in [5.41, 5.74) is 1.24. The van der Waals surface area contributed by atoms with Crippen LogP contribution in [-0.4, -0.2) is 58.3 Å². The van der Waals surface area contributed by atoms with E-state index in [4.69, 9.17) is 14.3 Å². The van der Waals surface area contributed by atoms with Gasteiger partial charge in [0.15, 0.2) is 17.4 Å². The molecule has 6 rings (SSSR count). The molecule has 3 aromatic rings. The van der Waals surface area contributed by atoms with Crippen LogP contribution in [0.4, 0.5) is 4.79 Å². The fraction of sp³-hybridized carbons (Fsp3) is 0.290. The first-order chi connectivity index (χ1) is 19.6. The van der Waals surface area contributed by atoms with Crippen LogP contribution in [0.2, 0.25) is 0 Å². The molecular weight excluding hydrogens is 510 g/mol. The van der Waals surface area contributed by atoms with E-state index in [0.29, 0.717) is 6.54 Å². The summed E-state index contributed by atoms with van der Waals surface area (Å²) in [5.74, 6) is -1.54. The van der Waals surface area contributed by atoms with Crippen LogP contribution in [0.25, 0.3) is 0 Å². The van der Waals surface area contributed by atoms with Crippen molar-refractivity contribution in [3.05, 3.63) is 108 Å². The maximum Gasteiger partial charge on any atom is 0.411 e. The van der Waals surface area contributed by atoms with E-state index in [9.17, 15) is 14.4 Å². The fourth-order valence-electron chi connectivity index (χ4n) is 6.07. The Kier molecular flexibility index (Phi) is 6.71. The van der Waals surface area contributed by atoms with Crippen molar-refractivity contribution in [2.24, 2.45) is 11.1 Å². The molecule has 0 aromatic heterocycles. The van der Waals surface area contributed by atoms with Gasteiger partial charge in [0.05, 0.1) is 18.6 Å². The van der Waals surface area contributed by atoms with Gasteiger partial charge in [-0.2, -0.15) is 0 Å². The van der Waals surface area contributed by atoms with E-state index >= 15 is 0 Å². The highest BCUT2D eigenvalue weighted by atomic mass is 16.7. The van der Waals surface area contributed by atoms with Gasteiger partial charge in [0.2, 0.25) is 0 Å². The predicted octanol–water partition coefficient (Wildman–Crippen LogP) is 4.10. The van der Waals surface area contributed by atoms with E-state index in [1.807, 2.05) is 91.0 Å². The Bertz CT molecular complexity index is 1430. The molecule has 2 amide bonds. The Morgan fingerprint density at radius 3 is 2.20 bits per heavy atom. The minimum Gasteiger partial charge on any atom is -0.461 e. The molecule has 2 fully saturated rings. The lowest BCUT2D eigenvalue weighted by atomic mass is 9.69. The lowest BCUT2D eigenvalue weighted by Gasteiger charge is -2.58. The standard InChI is InChI=1S/C31H29N3O6/c1-2-38-28(35)25-24-19-34(30(37)39-20-22-14-8-4-9-15-22)31(27(24)40-32-25)26(23-16-10-5-11-17-23)33(29(31)36)18-21-12-6-3-7-13-21/h3-17,24,26-27H,2,18-20H2,1H3/t24-,26-,27+,31-/m0/s1. The van der Waals surface area contributed by atoms with Gasteiger partial charge in [-0.05, 0) is 23.6 Å². The highest BCUT2D eigenvalue weighted by Crippen LogP contribution is 2.57. The van der Waals surface area contributed by atoms with Crippen molar-refractivity contribution in [3.63, 3.8) is 0 Å². The summed E-state index contributed by atoms with van der Waals surface area (Å²) in [6, 6.07) is 28.0. The maximum atomic E-state index is 14.3. The lowest BCUT2D eigenvalue weighted by Crippen LogP contribution is -2.77. The second-order valence-corrected chi connectivity index (χ2v) is 10.0. The van der Waals surface area contributed by atoms with E-state index in [2.05, 4.69) is 5.16 Å². The van der Waals surface area contributed by atoms with E-state index in [-0.39, 0.29) is 31.4 Å². The van der Waals surface area contributed by atoms with Crippen molar-refractivity contribution in [3.8, 4) is 0 Å². The largest absolute Gasteiger partial charge is 0.461 e. The topological polar surface area (TPSA) is 97.7 Å². The zero-order valence-electron chi connectivity index (χ0n) is 22.0. The minimum absolute atomic E-state index is 0.0319. The Labute approximate surface area is 231 Å². The van der Waals surface area contributed by atoms with Crippen LogP contribution < -0.4 is 0 Å². The maximum absolute atomic E-state index is 14.3. The van der Waals surface area contributed by atoms with Gasteiger partial charge in [-0.15, -0.1) is 0 Å². The average Bonchev–Trinajstić information content (AvgIpc) is 3.56. The molecular formula is C31H29N3O6. The second-order valence-electron chi connectivity index (χ2n) is 10.0. The first-order valence-corrected chi connectivity index (χ1v) is 13.3. The smallest absolute Gasteiger partial charge is 0.411 e. The lowest BCUT2D eigenvalue weighted by molar-refractivity contribution is -0.189. The highest BCUT2D eigenvalue weighted by Gasteiger charge is 2.77. The Balaban J connectivity index is 1.39. The number of carbonyl (C=O) groups is 3. The van der Waals surface area contributed by atoms with Gasteiger partial charge in [0.25, 0.3) is 5.91 Å². The number of amides is 2. The van der Waals surface area contributed by atoms with Crippen LogP contribution in [0.15, 0.2) is 96.2 Å². The third kappa shape index (κ3) is 4.09. The summed E-state index contributed by atoms with van der Waals surface area (Å²) in [7, 11) is 0. The third-order valence-corrected chi connectivity index (χ3v) is 7.79. The number of hydrogen-bond donors (Lipinski definition) is 0. The van der Waals surface area contributed by atoms with Crippen LogP contribution in [0, 0.1) is 5.92 Å². The number of carbonyl (C=O) groups excluding carboxylic acids is 3. The molecule has 3 aliphatic rings. The van der Waals surface area contributed by atoms with E-state index < -0.39 is 35.7 Å². The van der Waals surface area contributed by atoms with Crippen molar-refractivity contribution in [2.75, 3.05) is 13.2 Å². The molecule has 0 saturated carbocycles. The van der Waals surface area contributed by atoms with Gasteiger partial charge in [0.1, 0.15) is 6.61 Å². The summed E-state index contributed by atoms with van der Waals surface area (Å²) < 4.78 is 11.0. The zero-order chi connectivity index (χ0) is 27.7. The van der Waals surface area contributed by atoms with E-state index in [0.717, 1.165) is 16.7 Å². The summed E-state index contributed by atoms with van der Waals surface area (Å²) in [5, 5.41) is 4.07. The SMILES string of the molecule is CCOC(=O)C1=NO[C@@H]2[C@H]1CN(C(=O)OCc1ccccc1)[C@]21C(=O)N(Cc2ccccc2)[C@H]1c1ccccc1. The van der Waals surface area contributed by atoms with E-state index in [1.54, 1.807) is 11.8 Å². The molecule has 3 aromatic carbocycles. The van der Waals surface area contributed by atoms with Gasteiger partial charge in [0, 0.05) is 13.1 Å². The molecule has 3 heterocycles. The summed E-state index contributed by atoms with van der Waals surface area (Å²) in [6.07, 6.45) is -1.53.